The molecule has 3 heterocycles. The molecule has 2 aliphatic heterocycles. The fraction of sp³-hybridized carbons (Fsp3) is 0.565. The number of hydrogen-bond acceptors (Lipinski definition) is 5. The average Bonchev–Trinajstić information content (AvgIpc) is 3.19. The van der Waals surface area contributed by atoms with Crippen molar-refractivity contribution < 1.29 is 4.74 Å². The van der Waals surface area contributed by atoms with Crippen molar-refractivity contribution >= 4 is 5.69 Å². The summed E-state index contributed by atoms with van der Waals surface area (Å²) in [7, 11) is 1.79. The van der Waals surface area contributed by atoms with Gasteiger partial charge in [-0.15, -0.1) is 0 Å². The van der Waals surface area contributed by atoms with E-state index in [9.17, 15) is 0 Å². The standard InChI is InChI=1S/C23H30N4O/c1-28-22-5-3-2-4-21(22)18-7-10-26(11-8-18)19-6-9-23(12-19)15-27(16-23)20-13-24-17-25-14-20/h2-5,13-14,17-19H,6-12,15-16H2,1H3. The molecule has 0 amide bonds. The molecule has 1 unspecified atom stereocenters. The summed E-state index contributed by atoms with van der Waals surface area (Å²) in [5, 5.41) is 0. The van der Waals surface area contributed by atoms with E-state index in [-0.39, 0.29) is 0 Å². The smallest absolute Gasteiger partial charge is 0.122 e. The number of para-hydroxylation sites is 1. The maximum atomic E-state index is 5.59. The molecule has 3 fully saturated rings. The second-order valence-corrected chi connectivity index (χ2v) is 8.90. The van der Waals surface area contributed by atoms with E-state index < -0.39 is 0 Å². The zero-order valence-corrected chi connectivity index (χ0v) is 16.8. The van der Waals surface area contributed by atoms with Gasteiger partial charge in [0.15, 0.2) is 0 Å². The molecule has 0 radical (unpaired) electrons. The van der Waals surface area contributed by atoms with E-state index in [0.717, 1.165) is 11.8 Å². The van der Waals surface area contributed by atoms with E-state index in [2.05, 4.69) is 44.0 Å². The van der Waals surface area contributed by atoms with Gasteiger partial charge in [0.1, 0.15) is 12.1 Å². The van der Waals surface area contributed by atoms with Crippen LogP contribution in [0.15, 0.2) is 43.0 Å². The third-order valence-electron chi connectivity index (χ3n) is 7.27. The van der Waals surface area contributed by atoms with Crippen LogP contribution in [-0.4, -0.2) is 54.2 Å². The maximum absolute atomic E-state index is 5.59. The number of piperidine rings is 1. The summed E-state index contributed by atoms with van der Waals surface area (Å²) >= 11 is 0. The molecule has 148 valence electrons. The van der Waals surface area contributed by atoms with Crippen LogP contribution in [0.25, 0.3) is 0 Å². The van der Waals surface area contributed by atoms with Crippen molar-refractivity contribution in [3.05, 3.63) is 48.5 Å². The molecule has 1 atom stereocenters. The molecule has 1 spiro atoms. The molecule has 1 aromatic carbocycles. The molecule has 1 aliphatic carbocycles. The maximum Gasteiger partial charge on any atom is 0.122 e. The van der Waals surface area contributed by atoms with Gasteiger partial charge in [-0.2, -0.15) is 0 Å². The second kappa shape index (κ2) is 7.36. The number of rotatable bonds is 4. The van der Waals surface area contributed by atoms with Crippen LogP contribution in [0.1, 0.15) is 43.6 Å². The molecule has 5 nitrogen and oxygen atoms in total. The Kier molecular flexibility index (Phi) is 4.71. The Morgan fingerprint density at radius 1 is 1.04 bits per heavy atom. The molecule has 0 N–H and O–H groups in total. The third-order valence-corrected chi connectivity index (χ3v) is 7.27. The van der Waals surface area contributed by atoms with Crippen LogP contribution < -0.4 is 9.64 Å². The van der Waals surface area contributed by atoms with Crippen molar-refractivity contribution in [3.63, 3.8) is 0 Å². The lowest BCUT2D eigenvalue weighted by atomic mass is 9.77. The highest BCUT2D eigenvalue weighted by molar-refractivity contribution is 5.46. The minimum absolute atomic E-state index is 0.528. The molecule has 2 aromatic rings. The van der Waals surface area contributed by atoms with E-state index >= 15 is 0 Å². The number of aromatic nitrogens is 2. The van der Waals surface area contributed by atoms with Crippen molar-refractivity contribution in [3.8, 4) is 5.75 Å². The van der Waals surface area contributed by atoms with Crippen LogP contribution in [0, 0.1) is 5.41 Å². The number of hydrogen-bond donors (Lipinski definition) is 0. The van der Waals surface area contributed by atoms with Crippen LogP contribution in [-0.2, 0) is 0 Å². The normalized spacial score (nSPS) is 25.0. The van der Waals surface area contributed by atoms with Gasteiger partial charge in [-0.3, -0.25) is 0 Å². The van der Waals surface area contributed by atoms with Crippen molar-refractivity contribution in [2.24, 2.45) is 5.41 Å². The molecule has 28 heavy (non-hydrogen) atoms. The van der Waals surface area contributed by atoms with Crippen molar-refractivity contribution in [2.75, 3.05) is 38.2 Å². The van der Waals surface area contributed by atoms with Crippen LogP contribution >= 0.6 is 0 Å². The zero-order valence-electron chi connectivity index (χ0n) is 16.8. The number of ether oxygens (including phenoxy) is 1. The van der Waals surface area contributed by atoms with E-state index in [1.807, 2.05) is 12.4 Å². The van der Waals surface area contributed by atoms with Crippen molar-refractivity contribution in [1.29, 1.82) is 0 Å². The van der Waals surface area contributed by atoms with Crippen LogP contribution in [0.3, 0.4) is 0 Å². The molecule has 5 heteroatoms. The van der Waals surface area contributed by atoms with E-state index in [1.54, 1.807) is 13.4 Å². The lowest BCUT2D eigenvalue weighted by molar-refractivity contribution is 0.131. The molecular weight excluding hydrogens is 348 g/mol. The summed E-state index contributed by atoms with van der Waals surface area (Å²) in [4.78, 5) is 13.5. The Hall–Kier alpha value is -2.14. The summed E-state index contributed by atoms with van der Waals surface area (Å²) < 4.78 is 5.59. The SMILES string of the molecule is COc1ccccc1C1CCN(C2CCC3(C2)CN(c2cncnc2)C3)CC1. The van der Waals surface area contributed by atoms with E-state index in [1.165, 1.54) is 69.5 Å². The first-order valence-electron chi connectivity index (χ1n) is 10.6. The lowest BCUT2D eigenvalue weighted by Crippen LogP contribution is -2.56. The average molecular weight is 379 g/mol. The first kappa shape index (κ1) is 17.9. The first-order valence-corrected chi connectivity index (χ1v) is 10.6. The van der Waals surface area contributed by atoms with Gasteiger partial charge in [0.05, 0.1) is 25.2 Å². The van der Waals surface area contributed by atoms with Crippen LogP contribution in [0.5, 0.6) is 5.75 Å². The first-order chi connectivity index (χ1) is 13.8. The van der Waals surface area contributed by atoms with E-state index in [0.29, 0.717) is 11.3 Å². The van der Waals surface area contributed by atoms with Gasteiger partial charge in [0.25, 0.3) is 0 Å². The highest BCUT2D eigenvalue weighted by Crippen LogP contribution is 2.49. The van der Waals surface area contributed by atoms with Gasteiger partial charge in [0, 0.05) is 24.5 Å². The molecule has 2 saturated heterocycles. The minimum Gasteiger partial charge on any atom is -0.496 e. The van der Waals surface area contributed by atoms with Gasteiger partial charge >= 0.3 is 0 Å². The molecule has 1 aromatic heterocycles. The number of likely N-dealkylation sites (tertiary alicyclic amines) is 1. The monoisotopic (exact) mass is 378 g/mol. The topological polar surface area (TPSA) is 41.5 Å². The van der Waals surface area contributed by atoms with Crippen LogP contribution in [0.2, 0.25) is 0 Å². The predicted octanol–water partition coefficient (Wildman–Crippen LogP) is 3.72. The predicted molar refractivity (Wildman–Crippen MR) is 111 cm³/mol. The van der Waals surface area contributed by atoms with Gasteiger partial charge in [0.2, 0.25) is 0 Å². The zero-order chi connectivity index (χ0) is 19.0. The lowest BCUT2D eigenvalue weighted by Gasteiger charge is -2.50. The molecule has 0 bridgehead atoms. The number of benzene rings is 1. The van der Waals surface area contributed by atoms with Crippen molar-refractivity contribution in [2.45, 2.75) is 44.1 Å². The van der Waals surface area contributed by atoms with E-state index in [4.69, 9.17) is 4.74 Å². The fourth-order valence-electron chi connectivity index (χ4n) is 5.76. The second-order valence-electron chi connectivity index (χ2n) is 8.90. The van der Waals surface area contributed by atoms with Gasteiger partial charge in [-0.1, -0.05) is 18.2 Å². The fourth-order valence-corrected chi connectivity index (χ4v) is 5.76. The quantitative estimate of drug-likeness (QED) is 0.811. The number of methoxy groups -OCH3 is 1. The minimum atomic E-state index is 0.528. The molecule has 5 rings (SSSR count). The Labute approximate surface area is 167 Å². The number of anilines is 1. The van der Waals surface area contributed by atoms with Crippen LogP contribution in [0.4, 0.5) is 5.69 Å². The van der Waals surface area contributed by atoms with Gasteiger partial charge < -0.3 is 14.5 Å². The summed E-state index contributed by atoms with van der Waals surface area (Å²) in [6.07, 6.45) is 12.1. The largest absolute Gasteiger partial charge is 0.496 e. The Bertz CT molecular complexity index is 797. The third kappa shape index (κ3) is 3.26. The summed E-state index contributed by atoms with van der Waals surface area (Å²) in [6.45, 7) is 4.79. The summed E-state index contributed by atoms with van der Waals surface area (Å²) in [5.41, 5.74) is 3.10. The van der Waals surface area contributed by atoms with Gasteiger partial charge in [-0.25, -0.2) is 9.97 Å². The summed E-state index contributed by atoms with van der Waals surface area (Å²) in [6, 6.07) is 9.33. The molecule has 1 saturated carbocycles. The highest BCUT2D eigenvalue weighted by Gasteiger charge is 2.49. The number of nitrogens with zero attached hydrogens (tertiary/aromatic N) is 4. The highest BCUT2D eigenvalue weighted by atomic mass is 16.5. The summed E-state index contributed by atoms with van der Waals surface area (Å²) in [5.74, 6) is 1.69. The Balaban J connectivity index is 1.15. The van der Waals surface area contributed by atoms with Crippen molar-refractivity contribution in [1.82, 2.24) is 14.9 Å². The Morgan fingerprint density at radius 2 is 1.79 bits per heavy atom. The Morgan fingerprint density at radius 3 is 2.54 bits per heavy atom. The molecule has 3 aliphatic rings. The molecular formula is C23H30N4O. The van der Waals surface area contributed by atoms with Gasteiger partial charge in [-0.05, 0) is 62.7 Å².